The number of hydrogen-bond acceptors (Lipinski definition) is 4. The second kappa shape index (κ2) is 10.4. The van der Waals surface area contributed by atoms with Crippen LogP contribution in [-0.4, -0.2) is 30.8 Å². The molecule has 1 aliphatic heterocycles. The van der Waals surface area contributed by atoms with Gasteiger partial charge in [0.1, 0.15) is 0 Å². The molecule has 1 saturated heterocycles. The number of carbonyl (C=O) groups is 1. The number of nitrogens with one attached hydrogen (secondary N) is 2. The zero-order chi connectivity index (χ0) is 21.5. The van der Waals surface area contributed by atoms with Crippen LogP contribution < -0.4 is 15.5 Å². The van der Waals surface area contributed by atoms with Gasteiger partial charge >= 0.3 is 5.97 Å². The molecule has 0 aliphatic carbocycles. The molecule has 3 rings (SSSR count). The number of ether oxygens (including phenoxy) is 1. The molecule has 2 aromatic carbocycles. The summed E-state index contributed by atoms with van der Waals surface area (Å²) >= 11 is 5.51. The molecule has 0 bridgehead atoms. The van der Waals surface area contributed by atoms with Crippen LogP contribution in [0.25, 0.3) is 0 Å². The lowest BCUT2D eigenvalue weighted by Crippen LogP contribution is -2.31. The van der Waals surface area contributed by atoms with Gasteiger partial charge in [-0.05, 0) is 87.6 Å². The van der Waals surface area contributed by atoms with Gasteiger partial charge in [-0.25, -0.2) is 4.79 Å². The van der Waals surface area contributed by atoms with Gasteiger partial charge in [0.25, 0.3) is 0 Å². The minimum absolute atomic E-state index is 0.0638. The van der Waals surface area contributed by atoms with Crippen molar-refractivity contribution in [3.8, 4) is 0 Å². The van der Waals surface area contributed by atoms with Crippen molar-refractivity contribution in [3.63, 3.8) is 0 Å². The smallest absolute Gasteiger partial charge is 0.338 e. The van der Waals surface area contributed by atoms with E-state index in [2.05, 4.69) is 46.7 Å². The van der Waals surface area contributed by atoms with Gasteiger partial charge in [0.15, 0.2) is 5.11 Å². The lowest BCUT2D eigenvalue weighted by atomic mass is 10.1. The van der Waals surface area contributed by atoms with E-state index >= 15 is 0 Å². The summed E-state index contributed by atoms with van der Waals surface area (Å²) in [5.74, 6) is -0.332. The van der Waals surface area contributed by atoms with Crippen molar-refractivity contribution in [2.75, 3.05) is 29.9 Å². The maximum Gasteiger partial charge on any atom is 0.338 e. The Bertz CT molecular complexity index is 877. The van der Waals surface area contributed by atoms with Crippen molar-refractivity contribution >= 4 is 34.7 Å². The molecular formula is C24H31N3O2S. The highest BCUT2D eigenvalue weighted by molar-refractivity contribution is 7.80. The number of carbonyl (C=O) groups excluding carboxylic acids is 1. The average Bonchev–Trinajstić information content (AvgIpc) is 2.76. The van der Waals surface area contributed by atoms with Crippen LogP contribution in [0.5, 0.6) is 0 Å². The molecule has 0 amide bonds. The van der Waals surface area contributed by atoms with Crippen LogP contribution in [0.4, 0.5) is 11.4 Å². The van der Waals surface area contributed by atoms with Gasteiger partial charge < -0.3 is 20.3 Å². The van der Waals surface area contributed by atoms with E-state index in [9.17, 15) is 4.79 Å². The second-order valence-electron chi connectivity index (χ2n) is 7.71. The Morgan fingerprint density at radius 2 is 1.83 bits per heavy atom. The Balaban J connectivity index is 1.60. The van der Waals surface area contributed by atoms with Crippen LogP contribution in [0.2, 0.25) is 0 Å². The van der Waals surface area contributed by atoms with E-state index in [4.69, 9.17) is 17.0 Å². The normalized spacial score (nSPS) is 14.7. The quantitative estimate of drug-likeness (QED) is 0.489. The van der Waals surface area contributed by atoms with E-state index in [0.717, 1.165) is 24.3 Å². The first-order chi connectivity index (χ1) is 14.5. The third kappa shape index (κ3) is 5.72. The van der Waals surface area contributed by atoms with Crippen LogP contribution >= 0.6 is 12.2 Å². The van der Waals surface area contributed by atoms with E-state index in [-0.39, 0.29) is 12.0 Å². The number of thiocarbonyl (C=S) groups is 1. The van der Waals surface area contributed by atoms with Crippen LogP contribution in [0.15, 0.2) is 42.5 Å². The Morgan fingerprint density at radius 1 is 1.13 bits per heavy atom. The topological polar surface area (TPSA) is 53.6 Å². The lowest BCUT2D eigenvalue weighted by Gasteiger charge is -2.29. The van der Waals surface area contributed by atoms with Crippen molar-refractivity contribution in [3.05, 3.63) is 59.2 Å². The van der Waals surface area contributed by atoms with Crippen molar-refractivity contribution in [1.82, 2.24) is 5.32 Å². The van der Waals surface area contributed by atoms with Crippen molar-refractivity contribution in [2.45, 2.75) is 46.1 Å². The molecule has 6 heteroatoms. The number of aryl methyl sites for hydroxylation is 1. The summed E-state index contributed by atoms with van der Waals surface area (Å²) in [6, 6.07) is 14.2. The minimum atomic E-state index is -0.332. The standard InChI is InChI=1S/C24H31N3O2S/c1-4-29-23(28)20-9-8-17(2)22(16-20)26-24(30)25-18(3)19-10-12-21(13-11-19)27-14-6-5-7-15-27/h8-13,16,18H,4-7,14-15H2,1-3H3,(H2,25,26,30)/t18-/m1/s1. The van der Waals surface area contributed by atoms with Crippen molar-refractivity contribution in [1.29, 1.82) is 0 Å². The zero-order valence-corrected chi connectivity index (χ0v) is 18.8. The number of anilines is 2. The second-order valence-corrected chi connectivity index (χ2v) is 8.12. The third-order valence-electron chi connectivity index (χ3n) is 5.46. The fourth-order valence-corrected chi connectivity index (χ4v) is 3.95. The fourth-order valence-electron chi connectivity index (χ4n) is 3.66. The Kier molecular flexibility index (Phi) is 7.69. The number of benzene rings is 2. The molecule has 1 fully saturated rings. The van der Waals surface area contributed by atoms with Gasteiger partial charge in [0.2, 0.25) is 0 Å². The highest BCUT2D eigenvalue weighted by atomic mass is 32.1. The van der Waals surface area contributed by atoms with Gasteiger partial charge in [-0.1, -0.05) is 18.2 Å². The van der Waals surface area contributed by atoms with E-state index < -0.39 is 0 Å². The first-order valence-corrected chi connectivity index (χ1v) is 11.1. The Hall–Kier alpha value is -2.60. The Labute approximate surface area is 184 Å². The lowest BCUT2D eigenvalue weighted by molar-refractivity contribution is 0.0526. The molecular weight excluding hydrogens is 394 g/mol. The van der Waals surface area contributed by atoms with E-state index in [0.29, 0.717) is 17.3 Å². The molecule has 1 atom stereocenters. The highest BCUT2D eigenvalue weighted by Crippen LogP contribution is 2.23. The van der Waals surface area contributed by atoms with Gasteiger partial charge in [0, 0.05) is 24.5 Å². The maximum absolute atomic E-state index is 12.0. The SMILES string of the molecule is CCOC(=O)c1ccc(C)c(NC(=S)N[C@H](C)c2ccc(N3CCCCC3)cc2)c1. The number of nitrogens with zero attached hydrogens (tertiary/aromatic N) is 1. The summed E-state index contributed by atoms with van der Waals surface area (Å²) in [6.07, 6.45) is 3.88. The van der Waals surface area contributed by atoms with Crippen LogP contribution in [0.3, 0.4) is 0 Å². The minimum Gasteiger partial charge on any atom is -0.462 e. The molecule has 5 nitrogen and oxygen atoms in total. The van der Waals surface area contributed by atoms with Crippen LogP contribution in [-0.2, 0) is 4.74 Å². The fraction of sp³-hybridized carbons (Fsp3) is 0.417. The number of esters is 1. The van der Waals surface area contributed by atoms with Gasteiger partial charge in [0.05, 0.1) is 18.2 Å². The largest absolute Gasteiger partial charge is 0.462 e. The summed E-state index contributed by atoms with van der Waals surface area (Å²) in [5, 5.41) is 7.07. The molecule has 2 aromatic rings. The molecule has 160 valence electrons. The molecule has 2 N–H and O–H groups in total. The number of hydrogen-bond donors (Lipinski definition) is 2. The molecule has 0 radical (unpaired) electrons. The maximum atomic E-state index is 12.0. The molecule has 0 aromatic heterocycles. The molecule has 1 aliphatic rings. The Morgan fingerprint density at radius 3 is 2.50 bits per heavy atom. The molecule has 0 unspecified atom stereocenters. The molecule has 0 spiro atoms. The van der Waals surface area contributed by atoms with E-state index in [1.807, 2.05) is 13.0 Å². The number of piperidine rings is 1. The van der Waals surface area contributed by atoms with Crippen LogP contribution in [0, 0.1) is 6.92 Å². The summed E-state index contributed by atoms with van der Waals surface area (Å²) in [5.41, 5.74) is 4.78. The molecule has 0 saturated carbocycles. The highest BCUT2D eigenvalue weighted by Gasteiger charge is 2.13. The predicted octanol–water partition coefficient (Wildman–Crippen LogP) is 5.21. The molecule has 30 heavy (non-hydrogen) atoms. The first kappa shape index (κ1) is 22.1. The van der Waals surface area contributed by atoms with Crippen molar-refractivity contribution < 1.29 is 9.53 Å². The summed E-state index contributed by atoms with van der Waals surface area (Å²) < 4.78 is 5.08. The van der Waals surface area contributed by atoms with Crippen LogP contribution in [0.1, 0.15) is 60.6 Å². The number of rotatable bonds is 6. The first-order valence-electron chi connectivity index (χ1n) is 10.7. The molecule has 1 heterocycles. The van der Waals surface area contributed by atoms with E-state index in [1.54, 1.807) is 19.1 Å². The summed E-state index contributed by atoms with van der Waals surface area (Å²) in [7, 11) is 0. The average molecular weight is 426 g/mol. The van der Waals surface area contributed by atoms with Crippen molar-refractivity contribution in [2.24, 2.45) is 0 Å². The van der Waals surface area contributed by atoms with Gasteiger partial charge in [-0.2, -0.15) is 0 Å². The third-order valence-corrected chi connectivity index (χ3v) is 5.68. The van der Waals surface area contributed by atoms with E-state index in [1.165, 1.54) is 30.5 Å². The summed E-state index contributed by atoms with van der Waals surface area (Å²) in [6.45, 7) is 8.50. The van der Waals surface area contributed by atoms with Gasteiger partial charge in [-0.3, -0.25) is 0 Å². The zero-order valence-electron chi connectivity index (χ0n) is 18.0. The predicted molar refractivity (Wildman–Crippen MR) is 127 cm³/mol. The monoisotopic (exact) mass is 425 g/mol. The summed E-state index contributed by atoms with van der Waals surface area (Å²) in [4.78, 5) is 14.5. The van der Waals surface area contributed by atoms with Gasteiger partial charge in [-0.15, -0.1) is 0 Å².